The van der Waals surface area contributed by atoms with Crippen LogP contribution < -0.4 is 5.32 Å². The Hall–Kier alpha value is -0.620. The monoisotopic (exact) mass is 316 g/mol. The fourth-order valence-electron chi connectivity index (χ4n) is 2.54. The van der Waals surface area contributed by atoms with Gasteiger partial charge in [-0.3, -0.25) is 0 Å². The van der Waals surface area contributed by atoms with Crippen molar-refractivity contribution in [2.75, 3.05) is 19.6 Å². The molecular weight excluding hydrogens is 296 g/mol. The van der Waals surface area contributed by atoms with Crippen molar-refractivity contribution in [3.63, 3.8) is 0 Å². The number of hydrogen-bond acceptors (Lipinski definition) is 3. The highest BCUT2D eigenvalue weighted by atomic mass is 35.5. The quantitative estimate of drug-likeness (QED) is 0.907. The van der Waals surface area contributed by atoms with Crippen molar-refractivity contribution in [1.29, 1.82) is 0 Å². The molecule has 0 radical (unpaired) electrons. The van der Waals surface area contributed by atoms with Crippen LogP contribution in [0, 0.1) is 6.92 Å². The Morgan fingerprint density at radius 3 is 2.80 bits per heavy atom. The average Bonchev–Trinajstić information content (AvgIpc) is 2.92. The standard InChI is InChI=1S/C14H21ClN2O2S/c1-3-8-17(12-6-7-16-10-12)20(18,19)14-9-11(2)4-5-13(14)15/h4-5,9,12,16H,3,6-8,10H2,1-2H3. The van der Waals surface area contributed by atoms with E-state index in [0.717, 1.165) is 24.9 Å². The first-order chi connectivity index (χ1) is 9.46. The second kappa shape index (κ2) is 6.43. The number of benzene rings is 1. The van der Waals surface area contributed by atoms with Crippen LogP contribution >= 0.6 is 11.6 Å². The van der Waals surface area contributed by atoms with Crippen LogP contribution in [0.5, 0.6) is 0 Å². The number of rotatable bonds is 5. The summed E-state index contributed by atoms with van der Waals surface area (Å²) in [5.74, 6) is 0. The second-order valence-corrected chi connectivity index (χ2v) is 7.46. The first-order valence-electron chi connectivity index (χ1n) is 6.95. The average molecular weight is 317 g/mol. The number of sulfonamides is 1. The third-order valence-electron chi connectivity index (χ3n) is 3.56. The minimum absolute atomic E-state index is 0.0246. The number of halogens is 1. The minimum Gasteiger partial charge on any atom is -0.315 e. The predicted octanol–water partition coefficient (Wildman–Crippen LogP) is 2.41. The summed E-state index contributed by atoms with van der Waals surface area (Å²) in [6, 6.07) is 5.16. The van der Waals surface area contributed by atoms with Crippen LogP contribution in [-0.2, 0) is 10.0 Å². The van der Waals surface area contributed by atoms with Crippen molar-refractivity contribution < 1.29 is 8.42 Å². The van der Waals surface area contributed by atoms with Crippen LogP contribution in [0.2, 0.25) is 5.02 Å². The van der Waals surface area contributed by atoms with Gasteiger partial charge in [0.05, 0.1) is 5.02 Å². The Bertz CT molecular complexity index is 569. The van der Waals surface area contributed by atoms with Crippen molar-refractivity contribution in [2.45, 2.75) is 37.6 Å². The maximum atomic E-state index is 12.9. The van der Waals surface area contributed by atoms with Crippen molar-refractivity contribution in [3.8, 4) is 0 Å². The van der Waals surface area contributed by atoms with E-state index in [1.807, 2.05) is 19.9 Å². The topological polar surface area (TPSA) is 49.4 Å². The lowest BCUT2D eigenvalue weighted by molar-refractivity contribution is 0.335. The fraction of sp³-hybridized carbons (Fsp3) is 0.571. The molecule has 0 saturated carbocycles. The van der Waals surface area contributed by atoms with Gasteiger partial charge >= 0.3 is 0 Å². The summed E-state index contributed by atoms with van der Waals surface area (Å²) in [5, 5.41) is 3.52. The first kappa shape index (κ1) is 15.8. The smallest absolute Gasteiger partial charge is 0.244 e. The van der Waals surface area contributed by atoms with E-state index in [4.69, 9.17) is 11.6 Å². The van der Waals surface area contributed by atoms with Crippen molar-refractivity contribution >= 4 is 21.6 Å². The van der Waals surface area contributed by atoms with E-state index in [9.17, 15) is 8.42 Å². The van der Waals surface area contributed by atoms with Gasteiger partial charge in [-0.15, -0.1) is 0 Å². The van der Waals surface area contributed by atoms with Crippen molar-refractivity contribution in [2.24, 2.45) is 0 Å². The molecule has 1 aromatic rings. The number of hydrogen-bond donors (Lipinski definition) is 1. The lowest BCUT2D eigenvalue weighted by atomic mass is 10.2. The van der Waals surface area contributed by atoms with Gasteiger partial charge in [0.15, 0.2) is 0 Å². The molecule has 0 amide bonds. The van der Waals surface area contributed by atoms with Crippen LogP contribution in [0.4, 0.5) is 0 Å². The number of nitrogens with one attached hydrogen (secondary N) is 1. The van der Waals surface area contributed by atoms with Gasteiger partial charge in [0, 0.05) is 19.1 Å². The number of aryl methyl sites for hydroxylation is 1. The van der Waals surface area contributed by atoms with E-state index in [-0.39, 0.29) is 10.9 Å². The Labute approximate surface area is 126 Å². The van der Waals surface area contributed by atoms with Gasteiger partial charge in [0.1, 0.15) is 4.90 Å². The molecule has 4 nitrogen and oxygen atoms in total. The second-order valence-electron chi connectivity index (χ2n) is 5.20. The highest BCUT2D eigenvalue weighted by molar-refractivity contribution is 7.89. The summed E-state index contributed by atoms with van der Waals surface area (Å²) in [6.07, 6.45) is 1.64. The van der Waals surface area contributed by atoms with Gasteiger partial charge in [-0.1, -0.05) is 24.6 Å². The zero-order valence-corrected chi connectivity index (χ0v) is 13.5. The molecule has 1 aromatic carbocycles. The lowest BCUT2D eigenvalue weighted by Crippen LogP contribution is -2.42. The number of nitrogens with zero attached hydrogens (tertiary/aromatic N) is 1. The summed E-state index contributed by atoms with van der Waals surface area (Å²) in [7, 11) is -3.54. The predicted molar refractivity (Wildman–Crippen MR) is 81.6 cm³/mol. The first-order valence-corrected chi connectivity index (χ1v) is 8.77. The molecular formula is C14H21ClN2O2S. The maximum Gasteiger partial charge on any atom is 0.244 e. The van der Waals surface area contributed by atoms with Crippen LogP contribution in [0.1, 0.15) is 25.3 Å². The maximum absolute atomic E-state index is 12.9. The van der Waals surface area contributed by atoms with Crippen LogP contribution in [0.15, 0.2) is 23.1 Å². The van der Waals surface area contributed by atoms with E-state index in [1.54, 1.807) is 16.4 Å². The summed E-state index contributed by atoms with van der Waals surface area (Å²) in [6.45, 7) is 5.96. The molecule has 6 heteroatoms. The molecule has 1 atom stereocenters. The van der Waals surface area contributed by atoms with E-state index < -0.39 is 10.0 Å². The van der Waals surface area contributed by atoms with Crippen LogP contribution in [0.25, 0.3) is 0 Å². The van der Waals surface area contributed by atoms with Crippen molar-refractivity contribution in [1.82, 2.24) is 9.62 Å². The summed E-state index contributed by atoms with van der Waals surface area (Å²) >= 11 is 6.11. The van der Waals surface area contributed by atoms with E-state index in [2.05, 4.69) is 5.32 Å². The molecule has 1 aliphatic rings. The molecule has 0 bridgehead atoms. The molecule has 0 aromatic heterocycles. The molecule has 112 valence electrons. The molecule has 20 heavy (non-hydrogen) atoms. The molecule has 1 heterocycles. The van der Waals surface area contributed by atoms with Gasteiger partial charge in [0.25, 0.3) is 0 Å². The van der Waals surface area contributed by atoms with Gasteiger partial charge < -0.3 is 5.32 Å². The van der Waals surface area contributed by atoms with Gasteiger partial charge in [-0.05, 0) is 44.0 Å². The molecule has 1 saturated heterocycles. The normalized spacial score (nSPS) is 19.7. The molecule has 1 unspecified atom stereocenters. The van der Waals surface area contributed by atoms with E-state index in [1.165, 1.54) is 0 Å². The van der Waals surface area contributed by atoms with Gasteiger partial charge in [-0.25, -0.2) is 8.42 Å². The Kier molecular flexibility index (Phi) is 5.07. The molecule has 0 spiro atoms. The minimum atomic E-state index is -3.54. The van der Waals surface area contributed by atoms with Gasteiger partial charge in [0.2, 0.25) is 10.0 Å². The zero-order chi connectivity index (χ0) is 14.8. The summed E-state index contributed by atoms with van der Waals surface area (Å²) in [5.41, 5.74) is 0.897. The van der Waals surface area contributed by atoms with Crippen molar-refractivity contribution in [3.05, 3.63) is 28.8 Å². The Morgan fingerprint density at radius 2 is 2.20 bits per heavy atom. The highest BCUT2D eigenvalue weighted by Gasteiger charge is 2.33. The molecule has 1 N–H and O–H groups in total. The third-order valence-corrected chi connectivity index (χ3v) is 5.99. The molecule has 1 aliphatic heterocycles. The van der Waals surface area contributed by atoms with Gasteiger partial charge in [-0.2, -0.15) is 4.31 Å². The summed E-state index contributed by atoms with van der Waals surface area (Å²) in [4.78, 5) is 0.222. The molecule has 2 rings (SSSR count). The fourth-order valence-corrected chi connectivity index (χ4v) is 4.85. The lowest BCUT2D eigenvalue weighted by Gasteiger charge is -2.27. The summed E-state index contributed by atoms with van der Waals surface area (Å²) < 4.78 is 27.4. The zero-order valence-electron chi connectivity index (χ0n) is 11.9. The molecule has 0 aliphatic carbocycles. The third kappa shape index (κ3) is 3.17. The highest BCUT2D eigenvalue weighted by Crippen LogP contribution is 2.28. The Morgan fingerprint density at radius 1 is 1.45 bits per heavy atom. The SMILES string of the molecule is CCCN(C1CCNC1)S(=O)(=O)c1cc(C)ccc1Cl. The Balaban J connectivity index is 2.41. The van der Waals surface area contributed by atoms with Crippen LogP contribution in [-0.4, -0.2) is 38.4 Å². The largest absolute Gasteiger partial charge is 0.315 e. The van der Waals surface area contributed by atoms with Crippen LogP contribution in [0.3, 0.4) is 0 Å². The molecule has 1 fully saturated rings. The van der Waals surface area contributed by atoms with E-state index in [0.29, 0.717) is 18.1 Å². The van der Waals surface area contributed by atoms with E-state index >= 15 is 0 Å².